The summed E-state index contributed by atoms with van der Waals surface area (Å²) in [6.07, 6.45) is -4.29. The highest BCUT2D eigenvalue weighted by atomic mass is 35.5. The minimum Gasteiger partial charge on any atom is -0.324 e. The fourth-order valence-corrected chi connectivity index (χ4v) is 4.90. The van der Waals surface area contributed by atoms with Crippen LogP contribution in [0.15, 0.2) is 77.7 Å². The third-order valence-electron chi connectivity index (χ3n) is 4.82. The molecule has 174 valence electrons. The zero-order valence-electron chi connectivity index (χ0n) is 17.4. The van der Waals surface area contributed by atoms with Crippen molar-refractivity contribution >= 4 is 38.9 Å². The number of amides is 1. The molecular formula is C23H20ClF3N2O3S. The predicted molar refractivity (Wildman–Crippen MR) is 122 cm³/mol. The number of benzene rings is 3. The summed E-state index contributed by atoms with van der Waals surface area (Å²) in [5.74, 6) is -0.937. The zero-order chi connectivity index (χ0) is 24.2. The average molecular weight is 497 g/mol. The molecule has 0 bridgehead atoms. The highest BCUT2D eigenvalue weighted by Crippen LogP contribution is 2.36. The van der Waals surface area contributed by atoms with Gasteiger partial charge in [0.25, 0.3) is 10.0 Å². The summed E-state index contributed by atoms with van der Waals surface area (Å²) in [4.78, 5) is 12.8. The Labute approximate surface area is 194 Å². The molecule has 10 heteroatoms. The lowest BCUT2D eigenvalue weighted by molar-refractivity contribution is -0.137. The van der Waals surface area contributed by atoms with E-state index in [4.69, 9.17) is 11.6 Å². The van der Waals surface area contributed by atoms with Crippen LogP contribution >= 0.6 is 11.6 Å². The summed E-state index contributed by atoms with van der Waals surface area (Å²) in [5.41, 5.74) is -0.717. The maximum Gasteiger partial charge on any atom is 0.418 e. The Morgan fingerprint density at radius 1 is 1.00 bits per heavy atom. The molecule has 3 aromatic carbocycles. The Kier molecular flexibility index (Phi) is 7.34. The van der Waals surface area contributed by atoms with Crippen LogP contribution in [-0.2, 0) is 27.4 Å². The fourth-order valence-electron chi connectivity index (χ4n) is 3.25. The Balaban J connectivity index is 2.01. The molecule has 0 fully saturated rings. The molecule has 0 heterocycles. The van der Waals surface area contributed by atoms with Gasteiger partial charge in [0.2, 0.25) is 5.91 Å². The third-order valence-corrected chi connectivity index (χ3v) is 6.83. The lowest BCUT2D eigenvalue weighted by Gasteiger charge is -2.26. The van der Waals surface area contributed by atoms with Gasteiger partial charge in [-0.15, -0.1) is 0 Å². The largest absolute Gasteiger partial charge is 0.418 e. The monoisotopic (exact) mass is 496 g/mol. The number of sulfonamides is 1. The third kappa shape index (κ3) is 5.66. The zero-order valence-corrected chi connectivity index (χ0v) is 19.0. The molecule has 0 aromatic heterocycles. The van der Waals surface area contributed by atoms with E-state index >= 15 is 0 Å². The van der Waals surface area contributed by atoms with E-state index < -0.39 is 39.9 Å². The number of para-hydroxylation sites is 1. The fraction of sp³-hybridized carbons (Fsp3) is 0.174. The Bertz CT molecular complexity index is 1250. The highest BCUT2D eigenvalue weighted by molar-refractivity contribution is 7.92. The first-order valence-corrected chi connectivity index (χ1v) is 11.7. The summed E-state index contributed by atoms with van der Waals surface area (Å²) in [5, 5.41) is 2.03. The van der Waals surface area contributed by atoms with Crippen molar-refractivity contribution < 1.29 is 26.4 Å². The summed E-state index contributed by atoms with van der Waals surface area (Å²) >= 11 is 5.68. The number of anilines is 2. The van der Waals surface area contributed by atoms with Crippen LogP contribution in [0.4, 0.5) is 24.5 Å². The standard InChI is InChI=1S/C23H20ClF3N2O3S/c1-2-16-8-6-7-11-21(16)29(33(31,32)18-9-4-3-5-10-18)15-22(30)28-20-13-12-17(24)14-19(20)23(25,26)27/h3-14H,2,15H2,1H3,(H,28,30). The number of carbonyl (C=O) groups excluding carboxylic acids is 1. The van der Waals surface area contributed by atoms with Crippen molar-refractivity contribution in [3.8, 4) is 0 Å². The number of hydrogen-bond donors (Lipinski definition) is 1. The lowest BCUT2D eigenvalue weighted by atomic mass is 10.1. The second-order valence-corrected chi connectivity index (χ2v) is 9.34. The molecule has 0 spiro atoms. The SMILES string of the molecule is CCc1ccccc1N(CC(=O)Nc1ccc(Cl)cc1C(F)(F)F)S(=O)(=O)c1ccccc1. The number of carbonyl (C=O) groups is 1. The second kappa shape index (κ2) is 9.84. The number of halogens is 4. The molecule has 3 rings (SSSR count). The molecule has 0 aliphatic rings. The molecular weight excluding hydrogens is 477 g/mol. The van der Waals surface area contributed by atoms with Crippen LogP contribution in [-0.4, -0.2) is 20.9 Å². The minimum absolute atomic E-state index is 0.0498. The van der Waals surface area contributed by atoms with E-state index in [1.807, 2.05) is 6.92 Å². The van der Waals surface area contributed by atoms with Gasteiger partial charge < -0.3 is 5.32 Å². The first-order valence-electron chi connectivity index (χ1n) is 9.86. The quantitative estimate of drug-likeness (QED) is 0.452. The normalized spacial score (nSPS) is 11.8. The van der Waals surface area contributed by atoms with Gasteiger partial charge in [-0.05, 0) is 48.4 Å². The van der Waals surface area contributed by atoms with Crippen molar-refractivity contribution in [1.82, 2.24) is 0 Å². The molecule has 0 saturated heterocycles. The Hall–Kier alpha value is -3.04. The number of rotatable bonds is 7. The van der Waals surface area contributed by atoms with E-state index in [1.165, 1.54) is 18.2 Å². The molecule has 0 atom stereocenters. The van der Waals surface area contributed by atoms with Gasteiger partial charge in [-0.1, -0.05) is 54.9 Å². The molecule has 33 heavy (non-hydrogen) atoms. The number of hydrogen-bond acceptors (Lipinski definition) is 3. The number of alkyl halides is 3. The smallest absolute Gasteiger partial charge is 0.324 e. The minimum atomic E-state index is -4.77. The molecule has 1 amide bonds. The first-order chi connectivity index (χ1) is 15.5. The molecule has 1 N–H and O–H groups in total. The van der Waals surface area contributed by atoms with Gasteiger partial charge in [-0.3, -0.25) is 9.10 Å². The van der Waals surface area contributed by atoms with Gasteiger partial charge in [0, 0.05) is 5.02 Å². The number of nitrogens with one attached hydrogen (secondary N) is 1. The van der Waals surface area contributed by atoms with Crippen LogP contribution in [0, 0.1) is 0 Å². The van der Waals surface area contributed by atoms with E-state index in [9.17, 15) is 26.4 Å². The molecule has 5 nitrogen and oxygen atoms in total. The van der Waals surface area contributed by atoms with Gasteiger partial charge in [-0.25, -0.2) is 8.42 Å². The van der Waals surface area contributed by atoms with Crippen LogP contribution in [0.1, 0.15) is 18.1 Å². The first kappa shape index (κ1) is 24.6. The van der Waals surface area contributed by atoms with Gasteiger partial charge in [0.1, 0.15) is 6.54 Å². The highest BCUT2D eigenvalue weighted by Gasteiger charge is 2.35. The topological polar surface area (TPSA) is 66.5 Å². The van der Waals surface area contributed by atoms with Crippen molar-refractivity contribution in [1.29, 1.82) is 0 Å². The molecule has 0 saturated carbocycles. The maximum absolute atomic E-state index is 13.4. The predicted octanol–water partition coefficient (Wildman–Crippen LogP) is 5.76. The summed E-state index contributed by atoms with van der Waals surface area (Å²) in [6, 6.07) is 17.1. The number of nitrogens with zero attached hydrogens (tertiary/aromatic N) is 1. The molecule has 0 unspecified atom stereocenters. The van der Waals surface area contributed by atoms with Gasteiger partial charge in [0.05, 0.1) is 21.8 Å². The summed E-state index contributed by atoms with van der Waals surface area (Å²) in [6.45, 7) is 1.10. The van der Waals surface area contributed by atoms with Crippen LogP contribution in [0.5, 0.6) is 0 Å². The molecule has 3 aromatic rings. The molecule has 0 radical (unpaired) electrons. The maximum atomic E-state index is 13.4. The molecule has 0 aliphatic carbocycles. The van der Waals surface area contributed by atoms with Crippen LogP contribution in [0.2, 0.25) is 5.02 Å². The Morgan fingerprint density at radius 3 is 2.27 bits per heavy atom. The summed E-state index contributed by atoms with van der Waals surface area (Å²) < 4.78 is 67.9. The van der Waals surface area contributed by atoms with E-state index in [-0.39, 0.29) is 15.6 Å². The lowest BCUT2D eigenvalue weighted by Crippen LogP contribution is -2.39. The summed E-state index contributed by atoms with van der Waals surface area (Å²) in [7, 11) is -4.19. The van der Waals surface area contributed by atoms with Gasteiger partial charge >= 0.3 is 6.18 Å². The average Bonchev–Trinajstić information content (AvgIpc) is 2.78. The number of aryl methyl sites for hydroxylation is 1. The molecule has 0 aliphatic heterocycles. The second-order valence-electron chi connectivity index (χ2n) is 7.04. The van der Waals surface area contributed by atoms with Crippen LogP contribution in [0.25, 0.3) is 0 Å². The van der Waals surface area contributed by atoms with Crippen molar-refractivity contribution in [2.24, 2.45) is 0 Å². The van der Waals surface area contributed by atoms with Crippen molar-refractivity contribution in [3.05, 3.63) is 88.9 Å². The van der Waals surface area contributed by atoms with E-state index in [1.54, 1.807) is 42.5 Å². The van der Waals surface area contributed by atoms with E-state index in [0.717, 1.165) is 10.4 Å². The van der Waals surface area contributed by atoms with E-state index in [0.29, 0.717) is 18.1 Å². The van der Waals surface area contributed by atoms with Crippen molar-refractivity contribution in [2.75, 3.05) is 16.2 Å². The van der Waals surface area contributed by atoms with Gasteiger partial charge in [0.15, 0.2) is 0 Å². The van der Waals surface area contributed by atoms with Crippen molar-refractivity contribution in [3.63, 3.8) is 0 Å². The van der Waals surface area contributed by atoms with Crippen LogP contribution in [0.3, 0.4) is 0 Å². The van der Waals surface area contributed by atoms with Crippen molar-refractivity contribution in [2.45, 2.75) is 24.4 Å². The van der Waals surface area contributed by atoms with Gasteiger partial charge in [-0.2, -0.15) is 13.2 Å². The van der Waals surface area contributed by atoms with E-state index in [2.05, 4.69) is 5.32 Å². The van der Waals surface area contributed by atoms with Crippen LogP contribution < -0.4 is 9.62 Å². The Morgan fingerprint density at radius 2 is 1.64 bits per heavy atom.